The summed E-state index contributed by atoms with van der Waals surface area (Å²) in [5.74, 6) is 0.571. The molecule has 0 saturated carbocycles. The first kappa shape index (κ1) is 17.5. The lowest BCUT2D eigenvalue weighted by atomic mass is 10.2. The van der Waals surface area contributed by atoms with E-state index in [1.807, 2.05) is 31.2 Å². The fourth-order valence-corrected chi connectivity index (χ4v) is 3.05. The third-order valence-corrected chi connectivity index (χ3v) is 4.39. The fraction of sp³-hybridized carbons (Fsp3) is 0.263. The van der Waals surface area contributed by atoms with Gasteiger partial charge in [0.25, 0.3) is 5.91 Å². The van der Waals surface area contributed by atoms with Crippen LogP contribution in [0.2, 0.25) is 5.02 Å². The van der Waals surface area contributed by atoms with E-state index in [2.05, 4.69) is 9.88 Å². The first-order valence-electron chi connectivity index (χ1n) is 8.11. The van der Waals surface area contributed by atoms with Gasteiger partial charge in [-0.2, -0.15) is 0 Å². The molecule has 1 N–H and O–H groups in total. The summed E-state index contributed by atoms with van der Waals surface area (Å²) in [6, 6.07) is 14.6. The molecule has 0 spiro atoms. The lowest BCUT2D eigenvalue weighted by Gasteiger charge is -2.16. The van der Waals surface area contributed by atoms with Gasteiger partial charge in [0.05, 0.1) is 34.3 Å². The Bertz CT molecular complexity index is 891. The molecule has 1 heterocycles. The number of hydrogen-bond donors (Lipinski definition) is 1. The third kappa shape index (κ3) is 3.67. The molecule has 1 amide bonds. The number of carbonyl (C=O) groups is 1. The summed E-state index contributed by atoms with van der Waals surface area (Å²) in [6.45, 7) is 3.15. The number of nitrogens with one attached hydrogen (secondary N) is 1. The van der Waals surface area contributed by atoms with Crippen molar-refractivity contribution >= 4 is 28.5 Å². The largest absolute Gasteiger partial charge is 0.383 e. The fourth-order valence-electron chi connectivity index (χ4n) is 2.83. The lowest BCUT2D eigenvalue weighted by Crippen LogP contribution is -2.29. The van der Waals surface area contributed by atoms with Gasteiger partial charge in [-0.3, -0.25) is 4.79 Å². The van der Waals surface area contributed by atoms with Crippen LogP contribution in [0.5, 0.6) is 0 Å². The van der Waals surface area contributed by atoms with Crippen molar-refractivity contribution in [2.24, 2.45) is 0 Å². The van der Waals surface area contributed by atoms with E-state index in [1.165, 1.54) is 0 Å². The number of benzene rings is 2. The zero-order valence-electron chi connectivity index (χ0n) is 14.2. The molecule has 1 unspecified atom stereocenters. The minimum Gasteiger partial charge on any atom is -0.383 e. The molecule has 0 saturated heterocycles. The number of fused-ring (bicyclic) bond motifs is 1. The van der Waals surface area contributed by atoms with Gasteiger partial charge in [0.2, 0.25) is 0 Å². The SMILES string of the molecule is COCCn1c(C(C)NC(=O)c2ccccc2Cl)nc2ccccc21. The van der Waals surface area contributed by atoms with Gasteiger partial charge < -0.3 is 14.6 Å². The van der Waals surface area contributed by atoms with Gasteiger partial charge in [0.1, 0.15) is 5.82 Å². The maximum absolute atomic E-state index is 12.5. The number of imidazole rings is 1. The third-order valence-electron chi connectivity index (χ3n) is 4.06. The van der Waals surface area contributed by atoms with Crippen LogP contribution in [0.4, 0.5) is 0 Å². The molecule has 0 bridgehead atoms. The number of ether oxygens (including phenoxy) is 1. The molecule has 5 nitrogen and oxygen atoms in total. The minimum atomic E-state index is -0.270. The van der Waals surface area contributed by atoms with Crippen LogP contribution in [0.15, 0.2) is 48.5 Å². The highest BCUT2D eigenvalue weighted by Gasteiger charge is 2.19. The first-order chi connectivity index (χ1) is 12.1. The summed E-state index contributed by atoms with van der Waals surface area (Å²) in [5.41, 5.74) is 2.37. The molecular formula is C19H20ClN3O2. The van der Waals surface area contributed by atoms with E-state index in [0.29, 0.717) is 23.7 Å². The van der Waals surface area contributed by atoms with Gasteiger partial charge in [-0.1, -0.05) is 35.9 Å². The Balaban J connectivity index is 1.90. The molecule has 0 aliphatic rings. The summed E-state index contributed by atoms with van der Waals surface area (Å²) < 4.78 is 7.29. The lowest BCUT2D eigenvalue weighted by molar-refractivity contribution is 0.0937. The highest BCUT2D eigenvalue weighted by molar-refractivity contribution is 6.33. The number of aromatic nitrogens is 2. The summed E-state index contributed by atoms with van der Waals surface area (Å²) in [5, 5.41) is 3.41. The number of nitrogens with zero attached hydrogens (tertiary/aromatic N) is 2. The van der Waals surface area contributed by atoms with E-state index in [0.717, 1.165) is 16.9 Å². The van der Waals surface area contributed by atoms with E-state index in [-0.39, 0.29) is 11.9 Å². The van der Waals surface area contributed by atoms with Crippen LogP contribution in [0.1, 0.15) is 29.1 Å². The van der Waals surface area contributed by atoms with Crippen LogP contribution in [-0.2, 0) is 11.3 Å². The maximum Gasteiger partial charge on any atom is 0.253 e. The maximum atomic E-state index is 12.5. The number of amides is 1. The molecule has 0 aliphatic carbocycles. The second-order valence-electron chi connectivity index (χ2n) is 5.78. The van der Waals surface area contributed by atoms with Gasteiger partial charge in [-0.15, -0.1) is 0 Å². The van der Waals surface area contributed by atoms with E-state index in [9.17, 15) is 4.79 Å². The van der Waals surface area contributed by atoms with Crippen LogP contribution in [0.25, 0.3) is 11.0 Å². The Labute approximate surface area is 151 Å². The molecule has 3 aromatic rings. The predicted molar refractivity (Wildman–Crippen MR) is 98.9 cm³/mol. The molecule has 130 valence electrons. The minimum absolute atomic E-state index is 0.219. The Morgan fingerprint density at radius 1 is 1.24 bits per heavy atom. The summed E-state index contributed by atoms with van der Waals surface area (Å²) in [4.78, 5) is 17.2. The van der Waals surface area contributed by atoms with Crippen molar-refractivity contribution < 1.29 is 9.53 Å². The van der Waals surface area contributed by atoms with E-state index >= 15 is 0 Å². The number of hydrogen-bond acceptors (Lipinski definition) is 3. The monoisotopic (exact) mass is 357 g/mol. The number of carbonyl (C=O) groups excluding carboxylic acids is 1. The molecule has 6 heteroatoms. The molecule has 0 fully saturated rings. The molecular weight excluding hydrogens is 338 g/mol. The molecule has 25 heavy (non-hydrogen) atoms. The van der Waals surface area contributed by atoms with E-state index < -0.39 is 0 Å². The van der Waals surface area contributed by atoms with Crippen LogP contribution < -0.4 is 5.32 Å². The predicted octanol–water partition coefficient (Wildman–Crippen LogP) is 3.83. The van der Waals surface area contributed by atoms with Crippen molar-refractivity contribution in [3.63, 3.8) is 0 Å². The van der Waals surface area contributed by atoms with Crippen LogP contribution in [0, 0.1) is 0 Å². The van der Waals surface area contributed by atoms with Crippen molar-refractivity contribution in [2.45, 2.75) is 19.5 Å². The van der Waals surface area contributed by atoms with Gasteiger partial charge >= 0.3 is 0 Å². The second kappa shape index (κ2) is 7.68. The van der Waals surface area contributed by atoms with E-state index in [4.69, 9.17) is 21.3 Å². The number of rotatable bonds is 6. The zero-order valence-corrected chi connectivity index (χ0v) is 15.0. The van der Waals surface area contributed by atoms with Gasteiger partial charge in [0, 0.05) is 13.7 Å². The zero-order chi connectivity index (χ0) is 17.8. The second-order valence-corrected chi connectivity index (χ2v) is 6.19. The quantitative estimate of drug-likeness (QED) is 0.729. The number of para-hydroxylation sites is 2. The van der Waals surface area contributed by atoms with Gasteiger partial charge in [-0.25, -0.2) is 4.98 Å². The number of halogens is 1. The Kier molecular flexibility index (Phi) is 5.36. The topological polar surface area (TPSA) is 56.1 Å². The smallest absolute Gasteiger partial charge is 0.253 e. The van der Waals surface area contributed by atoms with Crippen molar-refractivity contribution in [1.29, 1.82) is 0 Å². The van der Waals surface area contributed by atoms with Crippen molar-refractivity contribution in [3.05, 3.63) is 64.9 Å². The first-order valence-corrected chi connectivity index (χ1v) is 8.49. The van der Waals surface area contributed by atoms with Gasteiger partial charge in [0.15, 0.2) is 0 Å². The number of methoxy groups -OCH3 is 1. The molecule has 2 aromatic carbocycles. The van der Waals surface area contributed by atoms with E-state index in [1.54, 1.807) is 31.4 Å². The molecule has 1 atom stereocenters. The summed E-state index contributed by atoms with van der Waals surface area (Å²) in [6.07, 6.45) is 0. The van der Waals surface area contributed by atoms with Crippen LogP contribution >= 0.6 is 11.6 Å². The average molecular weight is 358 g/mol. The standard InChI is InChI=1S/C19H20ClN3O2/c1-13(21-19(24)14-7-3-4-8-15(14)20)18-22-16-9-5-6-10-17(16)23(18)11-12-25-2/h3-10,13H,11-12H2,1-2H3,(H,21,24). The Morgan fingerprint density at radius 2 is 1.96 bits per heavy atom. The molecule has 0 aliphatic heterocycles. The Morgan fingerprint density at radius 3 is 2.72 bits per heavy atom. The molecule has 1 aromatic heterocycles. The summed E-state index contributed by atoms with van der Waals surface area (Å²) >= 11 is 6.11. The van der Waals surface area contributed by atoms with Crippen molar-refractivity contribution in [1.82, 2.24) is 14.9 Å². The summed E-state index contributed by atoms with van der Waals surface area (Å²) in [7, 11) is 1.67. The van der Waals surface area contributed by atoms with Crippen LogP contribution in [-0.4, -0.2) is 29.2 Å². The highest BCUT2D eigenvalue weighted by Crippen LogP contribution is 2.22. The molecule has 3 rings (SSSR count). The Hall–Kier alpha value is -2.37. The van der Waals surface area contributed by atoms with Crippen molar-refractivity contribution in [3.8, 4) is 0 Å². The molecule has 0 radical (unpaired) electrons. The normalized spacial score (nSPS) is 12.3. The van der Waals surface area contributed by atoms with Crippen LogP contribution in [0.3, 0.4) is 0 Å². The van der Waals surface area contributed by atoms with Gasteiger partial charge in [-0.05, 0) is 31.2 Å². The highest BCUT2D eigenvalue weighted by atomic mass is 35.5. The average Bonchev–Trinajstić information content (AvgIpc) is 2.99. The van der Waals surface area contributed by atoms with Crippen molar-refractivity contribution in [2.75, 3.05) is 13.7 Å².